The van der Waals surface area contributed by atoms with Crippen LogP contribution in [0.2, 0.25) is 0 Å². The number of esters is 6. The number of amides is 1. The molecule has 0 aromatic carbocycles. The molecule has 0 aromatic heterocycles. The molecule has 1 saturated heterocycles. The molecule has 18 nitrogen and oxygen atoms in total. The second-order valence-corrected chi connectivity index (χ2v) is 21.0. The van der Waals surface area contributed by atoms with Gasteiger partial charge in [0.05, 0.1) is 26.7 Å². The Labute approximate surface area is 376 Å². The van der Waals surface area contributed by atoms with Crippen molar-refractivity contribution in [2.45, 2.75) is 170 Å². The van der Waals surface area contributed by atoms with E-state index in [-0.39, 0.29) is 71.5 Å². The molecule has 0 saturated carbocycles. The lowest BCUT2D eigenvalue weighted by Crippen LogP contribution is -2.53. The van der Waals surface area contributed by atoms with Gasteiger partial charge in [-0.25, -0.2) is 4.79 Å². The summed E-state index contributed by atoms with van der Waals surface area (Å²) < 4.78 is 33.2. The predicted octanol–water partition coefficient (Wildman–Crippen LogP) is 3.50. The van der Waals surface area contributed by atoms with Crippen LogP contribution in [0, 0.1) is 0 Å². The summed E-state index contributed by atoms with van der Waals surface area (Å²) in [7, 11) is 1.18. The molecule has 1 amide bonds. The van der Waals surface area contributed by atoms with Crippen molar-refractivity contribution < 1.29 is 62.0 Å². The van der Waals surface area contributed by atoms with Crippen LogP contribution in [0.1, 0.15) is 130 Å². The maximum absolute atomic E-state index is 14.1. The fourth-order valence-electron chi connectivity index (χ4n) is 6.41. The van der Waals surface area contributed by atoms with Gasteiger partial charge in [0.1, 0.15) is 40.1 Å². The molecule has 1 aliphatic heterocycles. The average molecular weight is 900 g/mol. The Hall–Kier alpha value is -3.87. The van der Waals surface area contributed by atoms with Gasteiger partial charge in [-0.15, -0.1) is 0 Å². The highest BCUT2D eigenvalue weighted by Gasteiger charge is 2.34. The molecule has 1 N–H and O–H groups in total. The zero-order valence-electron chi connectivity index (χ0n) is 41.4. The van der Waals surface area contributed by atoms with Gasteiger partial charge in [-0.2, -0.15) is 0 Å². The lowest BCUT2D eigenvalue weighted by Gasteiger charge is -2.37. The van der Waals surface area contributed by atoms with E-state index in [9.17, 15) is 33.6 Å². The van der Waals surface area contributed by atoms with Gasteiger partial charge in [-0.05, 0) is 117 Å². The average Bonchev–Trinajstić information content (AvgIpc) is 3.06. The van der Waals surface area contributed by atoms with Gasteiger partial charge in [0, 0.05) is 65.2 Å². The Morgan fingerprint density at radius 2 is 0.778 bits per heavy atom. The van der Waals surface area contributed by atoms with E-state index in [4.69, 9.17) is 28.4 Å². The molecule has 0 bridgehead atoms. The molecule has 0 spiro atoms. The molecule has 63 heavy (non-hydrogen) atoms. The summed E-state index contributed by atoms with van der Waals surface area (Å²) in [4.78, 5) is 100.0. The van der Waals surface area contributed by atoms with Crippen LogP contribution in [0.4, 0.5) is 0 Å². The SMILES string of the molecule is COC(=O)[C@H](CCC(=O)OC(C)(C)C)NC(=O)CC[C@H](C(=O)OC(C)(C)C)N1CCN(CC(=O)OC(C)(C)C)CCN(CC(=O)OC(C)(C)C)CCN(CC(=O)OC(C)(C)C)CC1. The first-order chi connectivity index (χ1) is 28.6. The summed E-state index contributed by atoms with van der Waals surface area (Å²) in [6.07, 6.45) is -0.444. The number of rotatable bonds is 16. The van der Waals surface area contributed by atoms with Crippen molar-refractivity contribution >= 4 is 41.7 Å². The largest absolute Gasteiger partial charge is 0.467 e. The van der Waals surface area contributed by atoms with Crippen molar-refractivity contribution in [1.82, 2.24) is 24.9 Å². The molecule has 18 heteroatoms. The minimum absolute atomic E-state index is 0.0232. The van der Waals surface area contributed by atoms with E-state index in [1.54, 1.807) is 104 Å². The monoisotopic (exact) mass is 900 g/mol. The number of carbonyl (C=O) groups excluding carboxylic acids is 7. The zero-order chi connectivity index (χ0) is 48.6. The van der Waals surface area contributed by atoms with Crippen molar-refractivity contribution in [3.05, 3.63) is 0 Å². The van der Waals surface area contributed by atoms with Crippen molar-refractivity contribution in [3.63, 3.8) is 0 Å². The number of hydrogen-bond donors (Lipinski definition) is 1. The summed E-state index contributed by atoms with van der Waals surface area (Å²) in [6, 6.07) is -2.12. The topological polar surface area (TPSA) is 200 Å². The van der Waals surface area contributed by atoms with Gasteiger partial charge < -0.3 is 33.7 Å². The molecule has 0 radical (unpaired) electrons. The predicted molar refractivity (Wildman–Crippen MR) is 236 cm³/mol. The van der Waals surface area contributed by atoms with Gasteiger partial charge in [-0.1, -0.05) is 0 Å². The molecule has 0 aromatic rings. The van der Waals surface area contributed by atoms with Crippen LogP contribution in [0.15, 0.2) is 0 Å². The number of nitrogens with one attached hydrogen (secondary N) is 1. The first kappa shape index (κ1) is 57.1. The van der Waals surface area contributed by atoms with Gasteiger partial charge in [0.25, 0.3) is 0 Å². The lowest BCUT2D eigenvalue weighted by molar-refractivity contribution is -0.163. The number of carbonyl (C=O) groups is 7. The van der Waals surface area contributed by atoms with E-state index in [0.717, 1.165) is 0 Å². The Morgan fingerprint density at radius 3 is 1.11 bits per heavy atom. The molecule has 1 heterocycles. The van der Waals surface area contributed by atoms with Crippen molar-refractivity contribution in [2.24, 2.45) is 0 Å². The third-order valence-electron chi connectivity index (χ3n) is 8.83. The standard InChI is InChI=1S/C45H81N5O13/c1-41(2,3)59-35(52)20-17-32(39(56)58-16)46-34(51)19-18-33(40(57)63-45(13,14)15)50-27-25-48(30-37(54)61-43(7,8)9)23-21-47(29-36(53)60-42(4,5)6)22-24-49(26-28-50)31-38(55)62-44(10,11)12/h32-33H,17-31H2,1-16H3,(H,46,51)/t32-,33+/m0/s1. The number of methoxy groups -OCH3 is 1. The third kappa shape index (κ3) is 27.8. The summed E-state index contributed by atoms with van der Waals surface area (Å²) in [6.45, 7) is 28.7. The van der Waals surface area contributed by atoms with Gasteiger partial charge in [-0.3, -0.25) is 48.4 Å². The van der Waals surface area contributed by atoms with E-state index in [1.165, 1.54) is 7.11 Å². The van der Waals surface area contributed by atoms with Crippen molar-refractivity contribution in [1.29, 1.82) is 0 Å². The van der Waals surface area contributed by atoms with Crippen LogP contribution < -0.4 is 5.32 Å². The van der Waals surface area contributed by atoms with E-state index in [1.807, 2.05) is 19.6 Å². The molecule has 1 fully saturated rings. The van der Waals surface area contributed by atoms with Crippen molar-refractivity contribution in [2.75, 3.05) is 79.1 Å². The number of nitrogens with zero attached hydrogens (tertiary/aromatic N) is 4. The Kier molecular flexibility index (Phi) is 22.7. The van der Waals surface area contributed by atoms with E-state index < -0.39 is 81.8 Å². The van der Waals surface area contributed by atoms with Crippen molar-refractivity contribution in [3.8, 4) is 0 Å². The molecule has 364 valence electrons. The van der Waals surface area contributed by atoms with E-state index in [2.05, 4.69) is 5.32 Å². The van der Waals surface area contributed by atoms with E-state index in [0.29, 0.717) is 26.2 Å². The molecular weight excluding hydrogens is 819 g/mol. The van der Waals surface area contributed by atoms with Crippen LogP contribution in [0.5, 0.6) is 0 Å². The first-order valence-corrected chi connectivity index (χ1v) is 22.0. The normalized spacial score (nSPS) is 17.2. The summed E-state index contributed by atoms with van der Waals surface area (Å²) in [5, 5.41) is 2.66. The Balaban J connectivity index is 3.62. The molecule has 0 unspecified atom stereocenters. The fraction of sp³-hybridized carbons (Fsp3) is 0.844. The summed E-state index contributed by atoms with van der Waals surface area (Å²) >= 11 is 0. The maximum Gasteiger partial charge on any atom is 0.328 e. The summed E-state index contributed by atoms with van der Waals surface area (Å²) in [5.74, 6) is -3.73. The fourth-order valence-corrected chi connectivity index (χ4v) is 6.41. The zero-order valence-corrected chi connectivity index (χ0v) is 41.4. The van der Waals surface area contributed by atoms with Gasteiger partial charge in [0.15, 0.2) is 0 Å². The number of hydrogen-bond acceptors (Lipinski definition) is 17. The third-order valence-corrected chi connectivity index (χ3v) is 8.83. The van der Waals surface area contributed by atoms with Crippen LogP contribution in [0.3, 0.4) is 0 Å². The second-order valence-electron chi connectivity index (χ2n) is 21.0. The highest BCUT2D eigenvalue weighted by molar-refractivity contribution is 5.85. The minimum atomic E-state index is -1.14. The number of ether oxygens (including phenoxy) is 6. The summed E-state index contributed by atoms with van der Waals surface area (Å²) in [5.41, 5.74) is -3.79. The molecule has 1 aliphatic rings. The van der Waals surface area contributed by atoms with Crippen LogP contribution >= 0.6 is 0 Å². The minimum Gasteiger partial charge on any atom is -0.467 e. The maximum atomic E-state index is 14.1. The lowest BCUT2D eigenvalue weighted by atomic mass is 10.1. The molecule has 1 rings (SSSR count). The molecule has 0 aliphatic carbocycles. The van der Waals surface area contributed by atoms with Crippen LogP contribution in [0.25, 0.3) is 0 Å². The first-order valence-electron chi connectivity index (χ1n) is 22.0. The van der Waals surface area contributed by atoms with Crippen LogP contribution in [-0.4, -0.2) is 181 Å². The van der Waals surface area contributed by atoms with Crippen LogP contribution in [-0.2, 0) is 62.0 Å². The van der Waals surface area contributed by atoms with Gasteiger partial charge >= 0.3 is 35.8 Å². The van der Waals surface area contributed by atoms with Gasteiger partial charge in [0.2, 0.25) is 5.91 Å². The molecular formula is C45H81N5O13. The Morgan fingerprint density at radius 1 is 0.444 bits per heavy atom. The van der Waals surface area contributed by atoms with E-state index >= 15 is 0 Å². The quantitative estimate of drug-likeness (QED) is 0.174. The highest BCUT2D eigenvalue weighted by Crippen LogP contribution is 2.18. The highest BCUT2D eigenvalue weighted by atomic mass is 16.6. The second kappa shape index (κ2) is 25.0. The smallest absolute Gasteiger partial charge is 0.328 e. The Bertz CT molecular complexity index is 1470. The molecule has 2 atom stereocenters.